The SMILES string of the molecule is Cc1nc2ccc(F)cc2nc1-c1nc(N)n[nH]1. The van der Waals surface area contributed by atoms with Crippen molar-refractivity contribution >= 4 is 17.0 Å². The van der Waals surface area contributed by atoms with Crippen molar-refractivity contribution in [2.45, 2.75) is 6.92 Å². The maximum absolute atomic E-state index is 13.2. The molecule has 3 rings (SSSR count). The van der Waals surface area contributed by atoms with E-state index in [1.54, 1.807) is 13.0 Å². The van der Waals surface area contributed by atoms with Gasteiger partial charge in [0.2, 0.25) is 5.95 Å². The minimum atomic E-state index is -0.358. The van der Waals surface area contributed by atoms with Crippen molar-refractivity contribution in [1.29, 1.82) is 0 Å². The number of hydrogen-bond acceptors (Lipinski definition) is 5. The number of aryl methyl sites for hydroxylation is 1. The van der Waals surface area contributed by atoms with E-state index in [0.717, 1.165) is 0 Å². The number of hydrogen-bond donors (Lipinski definition) is 2. The highest BCUT2D eigenvalue weighted by Crippen LogP contribution is 2.20. The van der Waals surface area contributed by atoms with E-state index in [4.69, 9.17) is 5.73 Å². The van der Waals surface area contributed by atoms with Crippen molar-refractivity contribution in [2.24, 2.45) is 0 Å². The third-order valence-corrected chi connectivity index (χ3v) is 2.53. The Morgan fingerprint density at radius 1 is 1.17 bits per heavy atom. The van der Waals surface area contributed by atoms with Gasteiger partial charge in [0.1, 0.15) is 11.5 Å². The quantitative estimate of drug-likeness (QED) is 0.675. The van der Waals surface area contributed by atoms with Gasteiger partial charge >= 0.3 is 0 Å². The van der Waals surface area contributed by atoms with E-state index < -0.39 is 0 Å². The predicted octanol–water partition coefficient (Wildman–Crippen LogP) is 1.44. The molecule has 0 aliphatic carbocycles. The first-order valence-electron chi connectivity index (χ1n) is 5.25. The highest BCUT2D eigenvalue weighted by molar-refractivity contribution is 5.77. The number of anilines is 1. The fraction of sp³-hybridized carbons (Fsp3) is 0.0909. The zero-order valence-electron chi connectivity index (χ0n) is 9.48. The van der Waals surface area contributed by atoms with Gasteiger partial charge in [-0.05, 0) is 19.1 Å². The zero-order chi connectivity index (χ0) is 12.7. The van der Waals surface area contributed by atoms with E-state index in [2.05, 4.69) is 25.1 Å². The summed E-state index contributed by atoms with van der Waals surface area (Å²) in [7, 11) is 0. The van der Waals surface area contributed by atoms with Gasteiger partial charge in [-0.25, -0.2) is 14.4 Å². The van der Waals surface area contributed by atoms with Crippen LogP contribution in [-0.2, 0) is 0 Å². The minimum Gasteiger partial charge on any atom is -0.366 e. The molecule has 7 heteroatoms. The molecule has 0 aliphatic heterocycles. The Bertz CT molecular complexity index is 735. The van der Waals surface area contributed by atoms with Gasteiger partial charge in [0.25, 0.3) is 0 Å². The average Bonchev–Trinajstić information content (AvgIpc) is 2.75. The summed E-state index contributed by atoms with van der Waals surface area (Å²) < 4.78 is 13.2. The van der Waals surface area contributed by atoms with Gasteiger partial charge in [0.05, 0.1) is 16.7 Å². The van der Waals surface area contributed by atoms with Crippen LogP contribution in [-0.4, -0.2) is 25.1 Å². The Balaban J connectivity index is 2.26. The van der Waals surface area contributed by atoms with Gasteiger partial charge in [-0.1, -0.05) is 0 Å². The number of fused-ring (bicyclic) bond motifs is 1. The van der Waals surface area contributed by atoms with Crippen LogP contribution in [0.1, 0.15) is 5.69 Å². The van der Waals surface area contributed by atoms with Crippen LogP contribution in [0.25, 0.3) is 22.6 Å². The molecule has 0 saturated heterocycles. The van der Waals surface area contributed by atoms with Crippen LogP contribution in [0.4, 0.5) is 10.3 Å². The Kier molecular flexibility index (Phi) is 2.19. The smallest absolute Gasteiger partial charge is 0.239 e. The number of benzene rings is 1. The molecule has 2 aromatic heterocycles. The lowest BCUT2D eigenvalue weighted by Gasteiger charge is -2.03. The number of nitrogen functional groups attached to an aromatic ring is 1. The topological polar surface area (TPSA) is 93.4 Å². The molecule has 3 aromatic rings. The van der Waals surface area contributed by atoms with Gasteiger partial charge in [-0.3, -0.25) is 5.10 Å². The number of aromatic nitrogens is 5. The molecule has 0 aliphatic rings. The lowest BCUT2D eigenvalue weighted by molar-refractivity contribution is 0.629. The maximum Gasteiger partial charge on any atom is 0.239 e. The number of rotatable bonds is 1. The number of H-pyrrole nitrogens is 1. The lowest BCUT2D eigenvalue weighted by Crippen LogP contribution is -1.96. The molecule has 0 bridgehead atoms. The second-order valence-corrected chi connectivity index (χ2v) is 3.83. The van der Waals surface area contributed by atoms with Crippen LogP contribution in [0, 0.1) is 12.7 Å². The summed E-state index contributed by atoms with van der Waals surface area (Å²) >= 11 is 0. The summed E-state index contributed by atoms with van der Waals surface area (Å²) in [5, 5.41) is 6.39. The van der Waals surface area contributed by atoms with Gasteiger partial charge < -0.3 is 5.73 Å². The van der Waals surface area contributed by atoms with E-state index >= 15 is 0 Å². The first kappa shape index (κ1) is 10.6. The fourth-order valence-corrected chi connectivity index (χ4v) is 1.72. The van der Waals surface area contributed by atoms with Crippen molar-refractivity contribution in [2.75, 3.05) is 5.73 Å². The molecule has 0 saturated carbocycles. The molecular weight excluding hydrogens is 235 g/mol. The molecule has 0 unspecified atom stereocenters. The molecule has 0 amide bonds. The molecule has 0 radical (unpaired) electrons. The molecular formula is C11H9FN6. The summed E-state index contributed by atoms with van der Waals surface area (Å²) in [6.07, 6.45) is 0. The second-order valence-electron chi connectivity index (χ2n) is 3.83. The van der Waals surface area contributed by atoms with Crippen LogP contribution in [0.3, 0.4) is 0 Å². The minimum absolute atomic E-state index is 0.130. The molecule has 90 valence electrons. The first-order valence-corrected chi connectivity index (χ1v) is 5.25. The predicted molar refractivity (Wildman–Crippen MR) is 64.0 cm³/mol. The number of nitrogens with two attached hydrogens (primary N) is 1. The third-order valence-electron chi connectivity index (χ3n) is 2.53. The van der Waals surface area contributed by atoms with Crippen LogP contribution in [0.15, 0.2) is 18.2 Å². The summed E-state index contributed by atoms with van der Waals surface area (Å²) in [5.74, 6) is 0.192. The third kappa shape index (κ3) is 1.65. The highest BCUT2D eigenvalue weighted by Gasteiger charge is 2.11. The van der Waals surface area contributed by atoms with Crippen molar-refractivity contribution in [1.82, 2.24) is 25.1 Å². The molecule has 6 nitrogen and oxygen atoms in total. The van der Waals surface area contributed by atoms with E-state index in [9.17, 15) is 4.39 Å². The van der Waals surface area contributed by atoms with E-state index in [1.165, 1.54) is 12.1 Å². The number of nitrogens with zero attached hydrogens (tertiary/aromatic N) is 4. The number of aromatic amines is 1. The van der Waals surface area contributed by atoms with Gasteiger partial charge in [0.15, 0.2) is 5.82 Å². The highest BCUT2D eigenvalue weighted by atomic mass is 19.1. The van der Waals surface area contributed by atoms with E-state index in [1.807, 2.05) is 0 Å². The summed E-state index contributed by atoms with van der Waals surface area (Å²) in [5.41, 5.74) is 7.72. The van der Waals surface area contributed by atoms with Crippen LogP contribution >= 0.6 is 0 Å². The fourth-order valence-electron chi connectivity index (χ4n) is 1.72. The summed E-state index contributed by atoms with van der Waals surface area (Å²) in [6.45, 7) is 1.80. The molecule has 18 heavy (non-hydrogen) atoms. The van der Waals surface area contributed by atoms with Crippen molar-refractivity contribution in [3.63, 3.8) is 0 Å². The number of nitrogens with one attached hydrogen (secondary N) is 1. The molecule has 2 heterocycles. The van der Waals surface area contributed by atoms with Gasteiger partial charge in [-0.2, -0.15) is 4.98 Å². The second kappa shape index (κ2) is 3.73. The van der Waals surface area contributed by atoms with Crippen molar-refractivity contribution in [3.05, 3.63) is 29.7 Å². The average molecular weight is 244 g/mol. The zero-order valence-corrected chi connectivity index (χ0v) is 9.48. The standard InChI is InChI=1S/C11H9FN6/c1-5-9(10-16-11(13)18-17-10)15-8-4-6(12)2-3-7(8)14-5/h2-4H,1H3,(H3,13,16,17,18). The summed E-state index contributed by atoms with van der Waals surface area (Å²) in [6, 6.07) is 4.26. The summed E-state index contributed by atoms with van der Waals surface area (Å²) in [4.78, 5) is 12.7. The van der Waals surface area contributed by atoms with Crippen molar-refractivity contribution < 1.29 is 4.39 Å². The van der Waals surface area contributed by atoms with Gasteiger partial charge in [0, 0.05) is 6.07 Å². The molecule has 0 atom stereocenters. The van der Waals surface area contributed by atoms with E-state index in [-0.39, 0.29) is 11.8 Å². The Labute approximate surface area is 101 Å². The molecule has 0 fully saturated rings. The first-order chi connectivity index (χ1) is 8.63. The Hall–Kier alpha value is -2.57. The van der Waals surface area contributed by atoms with Crippen LogP contribution in [0.2, 0.25) is 0 Å². The largest absolute Gasteiger partial charge is 0.366 e. The van der Waals surface area contributed by atoms with Gasteiger partial charge in [-0.15, -0.1) is 5.10 Å². The van der Waals surface area contributed by atoms with Crippen LogP contribution < -0.4 is 5.73 Å². The lowest BCUT2D eigenvalue weighted by atomic mass is 10.2. The monoisotopic (exact) mass is 244 g/mol. The van der Waals surface area contributed by atoms with Crippen LogP contribution in [0.5, 0.6) is 0 Å². The normalized spacial score (nSPS) is 11.0. The Morgan fingerprint density at radius 2 is 2.00 bits per heavy atom. The Morgan fingerprint density at radius 3 is 2.72 bits per heavy atom. The molecule has 1 aromatic carbocycles. The molecule has 0 spiro atoms. The molecule has 3 N–H and O–H groups in total. The maximum atomic E-state index is 13.2. The number of halogens is 1. The van der Waals surface area contributed by atoms with E-state index in [0.29, 0.717) is 28.2 Å². The van der Waals surface area contributed by atoms with Crippen molar-refractivity contribution in [3.8, 4) is 11.5 Å².